The number of hydrogen-bond donors (Lipinski definition) is 0. The summed E-state index contributed by atoms with van der Waals surface area (Å²) in [5, 5.41) is 2.47. The average molecular weight is 564 g/mol. The summed E-state index contributed by atoms with van der Waals surface area (Å²) in [5.74, 6) is 0.305. The zero-order valence-electron chi connectivity index (χ0n) is 21.9. The van der Waals surface area contributed by atoms with E-state index in [9.17, 15) is 0 Å². The van der Waals surface area contributed by atoms with Gasteiger partial charge in [-0.3, -0.25) is 0 Å². The molecule has 194 valence electrons. The third-order valence-corrected chi connectivity index (χ3v) is 10.4. The maximum absolute atomic E-state index is 4.65. The van der Waals surface area contributed by atoms with Crippen molar-refractivity contribution in [2.75, 3.05) is 11.9 Å². The fourth-order valence-corrected chi connectivity index (χ4v) is 8.28. The lowest BCUT2D eigenvalue weighted by Crippen LogP contribution is -2.11. The molecule has 5 heterocycles. The molecule has 5 nitrogen and oxygen atoms in total. The normalized spacial score (nSPS) is 15.3. The minimum Gasteiger partial charge on any atom is -0.347 e. The largest absolute Gasteiger partial charge is 0.347 e. The van der Waals surface area contributed by atoms with E-state index in [4.69, 9.17) is 0 Å². The molecular weight excluding hydrogens is 543 g/mol. The lowest BCUT2D eigenvalue weighted by atomic mass is 9.93. The Balaban J connectivity index is 1.08. The molecule has 4 aromatic heterocycles. The highest BCUT2D eigenvalue weighted by atomic mass is 32.1. The van der Waals surface area contributed by atoms with Gasteiger partial charge in [-0.25, -0.2) is 19.9 Å². The summed E-state index contributed by atoms with van der Waals surface area (Å²) in [6.45, 7) is 0. The van der Waals surface area contributed by atoms with Gasteiger partial charge in [0.2, 0.25) is 0 Å². The predicted molar refractivity (Wildman–Crippen MR) is 169 cm³/mol. The van der Waals surface area contributed by atoms with Crippen LogP contribution in [0.1, 0.15) is 22.6 Å². The number of nitrogens with zero attached hydrogens (tertiary/aromatic N) is 5. The Morgan fingerprint density at radius 3 is 2.05 bits per heavy atom. The van der Waals surface area contributed by atoms with Crippen LogP contribution in [-0.2, 0) is 0 Å². The second-order valence-corrected chi connectivity index (χ2v) is 12.6. The fraction of sp³-hybridized carbons (Fsp3) is 0.0588. The van der Waals surface area contributed by atoms with Crippen molar-refractivity contribution in [3.63, 3.8) is 0 Å². The fourth-order valence-electron chi connectivity index (χ4n) is 6.19. The third kappa shape index (κ3) is 3.53. The van der Waals surface area contributed by atoms with Gasteiger partial charge in [0, 0.05) is 27.8 Å². The van der Waals surface area contributed by atoms with Crippen molar-refractivity contribution in [1.29, 1.82) is 0 Å². The van der Waals surface area contributed by atoms with E-state index in [1.807, 2.05) is 12.1 Å². The van der Waals surface area contributed by atoms with Gasteiger partial charge in [0.25, 0.3) is 0 Å². The molecule has 0 fully saturated rings. The number of benzene rings is 3. The van der Waals surface area contributed by atoms with Gasteiger partial charge in [-0.15, -0.1) is 22.7 Å². The highest BCUT2D eigenvalue weighted by Gasteiger charge is 2.37. The Bertz CT molecular complexity index is 2180. The first-order valence-corrected chi connectivity index (χ1v) is 15.1. The number of hydrogen-bond acceptors (Lipinski definition) is 7. The van der Waals surface area contributed by atoms with Gasteiger partial charge in [-0.1, -0.05) is 36.4 Å². The molecule has 3 aromatic carbocycles. The number of aromatic nitrogens is 4. The molecule has 9 rings (SSSR count). The lowest BCUT2D eigenvalue weighted by Gasteiger charge is -2.14. The van der Waals surface area contributed by atoms with Crippen LogP contribution in [-0.4, -0.2) is 27.0 Å². The summed E-state index contributed by atoms with van der Waals surface area (Å²) in [6, 6.07) is 30.4. The predicted octanol–water partition coefficient (Wildman–Crippen LogP) is 8.63. The first-order chi connectivity index (χ1) is 20.2. The van der Waals surface area contributed by atoms with Crippen LogP contribution in [0.3, 0.4) is 0 Å². The van der Waals surface area contributed by atoms with Crippen molar-refractivity contribution in [3.05, 3.63) is 120 Å². The van der Waals surface area contributed by atoms with Crippen molar-refractivity contribution >= 4 is 54.6 Å². The number of fused-ring (bicyclic) bond motifs is 7. The number of para-hydroxylation sites is 1. The molecule has 1 aliphatic carbocycles. The molecule has 0 radical (unpaired) electrons. The molecule has 7 heteroatoms. The minimum atomic E-state index is 0.305. The van der Waals surface area contributed by atoms with Gasteiger partial charge in [-0.2, -0.15) is 0 Å². The molecular formula is C34H21N5S2. The Morgan fingerprint density at radius 2 is 1.27 bits per heavy atom. The van der Waals surface area contributed by atoms with Crippen LogP contribution in [0.2, 0.25) is 0 Å². The number of likely N-dealkylation sites (N-methyl/N-ethyl adjacent to an activating group) is 1. The molecule has 0 spiro atoms. The Hall–Kier alpha value is -4.72. The van der Waals surface area contributed by atoms with E-state index >= 15 is 0 Å². The molecule has 0 saturated heterocycles. The van der Waals surface area contributed by atoms with Gasteiger partial charge < -0.3 is 4.90 Å². The first-order valence-electron chi connectivity index (χ1n) is 13.5. The van der Waals surface area contributed by atoms with Crippen LogP contribution in [0, 0.1) is 0 Å². The molecule has 0 bridgehead atoms. The molecule has 7 aromatic rings. The van der Waals surface area contributed by atoms with Crippen LogP contribution >= 0.6 is 22.7 Å². The maximum Gasteiger partial charge on any atom is 0.116 e. The minimum absolute atomic E-state index is 0.305. The number of anilines is 1. The second kappa shape index (κ2) is 8.64. The van der Waals surface area contributed by atoms with Crippen molar-refractivity contribution in [3.8, 4) is 32.5 Å². The summed E-state index contributed by atoms with van der Waals surface area (Å²) in [5.41, 5.74) is 10.1. The Morgan fingerprint density at radius 1 is 0.610 bits per heavy atom. The molecule has 1 unspecified atom stereocenters. The van der Waals surface area contributed by atoms with Crippen molar-refractivity contribution < 1.29 is 0 Å². The molecule has 0 saturated carbocycles. The monoisotopic (exact) mass is 563 g/mol. The van der Waals surface area contributed by atoms with Crippen LogP contribution in [0.25, 0.3) is 58.8 Å². The molecule has 1 aliphatic heterocycles. The summed E-state index contributed by atoms with van der Waals surface area (Å²) in [4.78, 5) is 22.9. The zero-order valence-corrected chi connectivity index (χ0v) is 23.6. The van der Waals surface area contributed by atoms with E-state index in [1.54, 1.807) is 35.3 Å². The Labute approximate surface area is 244 Å². The van der Waals surface area contributed by atoms with Crippen LogP contribution in [0.5, 0.6) is 0 Å². The van der Waals surface area contributed by atoms with Gasteiger partial charge in [0.05, 0.1) is 38.4 Å². The molecule has 2 aliphatic rings. The molecule has 0 N–H and O–H groups in total. The molecule has 41 heavy (non-hydrogen) atoms. The average Bonchev–Trinajstić information content (AvgIpc) is 3.78. The third-order valence-electron chi connectivity index (χ3n) is 8.16. The standard InChI is InChI=1S/C34H21N5S2/c1-39-28-8-4-3-7-22(28)34-23-14-31-21(10-20(23)11-29(34)39)13-33(41-31)27-16-25(36-18-38-27)24-15-26(37-17-35-24)32-12-19-6-2-5-9-30(19)40-32/h2-18,34H,1H3. The summed E-state index contributed by atoms with van der Waals surface area (Å²) >= 11 is 3.52. The second-order valence-electron chi connectivity index (χ2n) is 10.5. The summed E-state index contributed by atoms with van der Waals surface area (Å²) < 4.78 is 2.52. The smallest absolute Gasteiger partial charge is 0.116 e. The van der Waals surface area contributed by atoms with Crippen molar-refractivity contribution in [1.82, 2.24) is 19.9 Å². The van der Waals surface area contributed by atoms with Gasteiger partial charge in [0.1, 0.15) is 12.7 Å². The molecule has 1 atom stereocenters. The van der Waals surface area contributed by atoms with Crippen molar-refractivity contribution in [2.45, 2.75) is 5.92 Å². The van der Waals surface area contributed by atoms with E-state index in [0.717, 1.165) is 32.5 Å². The lowest BCUT2D eigenvalue weighted by molar-refractivity contribution is 0.993. The van der Waals surface area contributed by atoms with Crippen LogP contribution in [0.4, 0.5) is 5.69 Å². The van der Waals surface area contributed by atoms with E-state index in [1.165, 1.54) is 48.2 Å². The van der Waals surface area contributed by atoms with Crippen LogP contribution < -0.4 is 4.90 Å². The van der Waals surface area contributed by atoms with Crippen molar-refractivity contribution in [2.24, 2.45) is 0 Å². The molecule has 0 amide bonds. The highest BCUT2D eigenvalue weighted by molar-refractivity contribution is 7.22. The topological polar surface area (TPSA) is 54.8 Å². The first kappa shape index (κ1) is 23.0. The van der Waals surface area contributed by atoms with Crippen LogP contribution in [0.15, 0.2) is 103 Å². The van der Waals surface area contributed by atoms with Gasteiger partial charge >= 0.3 is 0 Å². The van der Waals surface area contributed by atoms with E-state index in [-0.39, 0.29) is 0 Å². The zero-order chi connectivity index (χ0) is 27.1. The number of rotatable bonds is 3. The maximum atomic E-state index is 4.65. The summed E-state index contributed by atoms with van der Waals surface area (Å²) in [7, 11) is 2.17. The van der Waals surface area contributed by atoms with Gasteiger partial charge in [-0.05, 0) is 82.1 Å². The SMILES string of the molecule is CN1C2=Cc3cc4cc(-c5cc(-c6cc(-c7cc8ccccc8s7)ncn6)ncn5)sc4cc3C2c2ccccc21. The van der Waals surface area contributed by atoms with E-state index in [0.29, 0.717) is 5.92 Å². The van der Waals surface area contributed by atoms with E-state index in [2.05, 4.69) is 111 Å². The number of allylic oxidation sites excluding steroid dienone is 1. The quantitative estimate of drug-likeness (QED) is 0.215. The van der Waals surface area contributed by atoms with E-state index < -0.39 is 0 Å². The highest BCUT2D eigenvalue weighted by Crippen LogP contribution is 2.52. The Kier molecular flexibility index (Phi) is 4.85. The number of thiophene rings is 2. The summed E-state index contributed by atoms with van der Waals surface area (Å²) in [6.07, 6.45) is 5.61. The van der Waals surface area contributed by atoms with Gasteiger partial charge in [0.15, 0.2) is 0 Å².